The number of pyridine rings is 1. The number of nitrogens with zero attached hydrogens (tertiary/aromatic N) is 2. The molecule has 2 N–H and O–H groups in total. The van der Waals surface area contributed by atoms with Gasteiger partial charge in [-0.15, -0.1) is 0 Å². The van der Waals surface area contributed by atoms with Crippen LogP contribution in [0.4, 0.5) is 0 Å². The van der Waals surface area contributed by atoms with Gasteiger partial charge in [0.25, 0.3) is 5.91 Å². The molecule has 6 heteroatoms. The number of likely N-dealkylation sites (N-methyl/N-ethyl adjacent to an activating group) is 1. The Morgan fingerprint density at radius 2 is 2.16 bits per heavy atom. The smallest absolute Gasteiger partial charge is 0.328 e. The molecule has 0 radical (unpaired) electrons. The van der Waals surface area contributed by atoms with Gasteiger partial charge in [0.2, 0.25) is 0 Å². The fourth-order valence-corrected chi connectivity index (χ4v) is 1.36. The Morgan fingerprint density at radius 1 is 1.47 bits per heavy atom. The van der Waals surface area contributed by atoms with E-state index >= 15 is 0 Å². The second-order valence-corrected chi connectivity index (χ2v) is 4.13. The van der Waals surface area contributed by atoms with Crippen LogP contribution in [0.3, 0.4) is 0 Å². The third-order valence-electron chi connectivity index (χ3n) is 2.67. The summed E-state index contributed by atoms with van der Waals surface area (Å²) < 4.78 is 0. The predicted octanol–water partition coefficient (Wildman–Crippen LogP) is 0.632. The highest BCUT2D eigenvalue weighted by Crippen LogP contribution is 2.09. The van der Waals surface area contributed by atoms with E-state index in [2.05, 4.69) is 4.98 Å². The highest BCUT2D eigenvalue weighted by Gasteiger charge is 2.17. The van der Waals surface area contributed by atoms with Gasteiger partial charge in [0.05, 0.1) is 18.2 Å². The average molecular weight is 264 g/mol. The first-order chi connectivity index (χ1) is 8.95. The monoisotopic (exact) mass is 264 g/mol. The molecular formula is C13H16N2O4. The van der Waals surface area contributed by atoms with Crippen molar-refractivity contribution < 1.29 is 19.8 Å². The molecule has 19 heavy (non-hydrogen) atoms. The Labute approximate surface area is 111 Å². The van der Waals surface area contributed by atoms with Crippen molar-refractivity contribution >= 4 is 18.0 Å². The number of rotatable bonds is 5. The van der Waals surface area contributed by atoms with E-state index in [1.165, 1.54) is 23.4 Å². The Balaban J connectivity index is 2.93. The quantitative estimate of drug-likeness (QED) is 0.761. The van der Waals surface area contributed by atoms with Crippen molar-refractivity contribution in [2.24, 2.45) is 0 Å². The van der Waals surface area contributed by atoms with Crippen LogP contribution in [0.5, 0.6) is 0 Å². The van der Waals surface area contributed by atoms with Crippen molar-refractivity contribution in [2.75, 3.05) is 13.7 Å². The standard InChI is InChI=1S/C13H16N2O4/c1-9(8-16)15(2)13(19)11-5-10(6-14-7-11)3-4-12(17)18/h3-7,9,16H,8H2,1-2H3,(H,17,18)/b4-3+. The molecule has 0 spiro atoms. The van der Waals surface area contributed by atoms with Crippen LogP contribution < -0.4 is 0 Å². The minimum atomic E-state index is -1.07. The Kier molecular flexibility index (Phi) is 5.20. The second-order valence-electron chi connectivity index (χ2n) is 4.13. The van der Waals surface area contributed by atoms with Gasteiger partial charge >= 0.3 is 5.97 Å². The van der Waals surface area contributed by atoms with Crippen molar-refractivity contribution in [2.45, 2.75) is 13.0 Å². The summed E-state index contributed by atoms with van der Waals surface area (Å²) in [4.78, 5) is 27.8. The molecule has 0 saturated carbocycles. The number of carbonyl (C=O) groups excluding carboxylic acids is 1. The van der Waals surface area contributed by atoms with Crippen LogP contribution in [0, 0.1) is 0 Å². The maximum atomic E-state index is 12.1. The number of aromatic nitrogens is 1. The first-order valence-corrected chi connectivity index (χ1v) is 5.69. The van der Waals surface area contributed by atoms with Crippen molar-refractivity contribution in [1.82, 2.24) is 9.88 Å². The number of carboxylic acid groups (broad SMARTS) is 1. The van der Waals surface area contributed by atoms with E-state index in [0.29, 0.717) is 11.1 Å². The highest BCUT2D eigenvalue weighted by molar-refractivity contribution is 5.94. The molecule has 6 nitrogen and oxygen atoms in total. The fourth-order valence-electron chi connectivity index (χ4n) is 1.36. The molecule has 0 fully saturated rings. The molecule has 0 aliphatic heterocycles. The summed E-state index contributed by atoms with van der Waals surface area (Å²) in [6.45, 7) is 1.59. The summed E-state index contributed by atoms with van der Waals surface area (Å²) in [6.07, 6.45) is 5.21. The van der Waals surface area contributed by atoms with Crippen LogP contribution >= 0.6 is 0 Å². The van der Waals surface area contributed by atoms with E-state index in [0.717, 1.165) is 6.08 Å². The third-order valence-corrected chi connectivity index (χ3v) is 2.67. The van der Waals surface area contributed by atoms with Gasteiger partial charge in [-0.1, -0.05) is 0 Å². The van der Waals surface area contributed by atoms with E-state index in [1.54, 1.807) is 20.0 Å². The lowest BCUT2D eigenvalue weighted by molar-refractivity contribution is -0.131. The van der Waals surface area contributed by atoms with E-state index in [1.807, 2.05) is 0 Å². The highest BCUT2D eigenvalue weighted by atomic mass is 16.4. The summed E-state index contributed by atoms with van der Waals surface area (Å²) in [6, 6.07) is 1.25. The van der Waals surface area contributed by atoms with Crippen LogP contribution in [0.25, 0.3) is 6.08 Å². The summed E-state index contributed by atoms with van der Waals surface area (Å²) in [5, 5.41) is 17.6. The maximum absolute atomic E-state index is 12.1. The van der Waals surface area contributed by atoms with Crippen LogP contribution in [0.2, 0.25) is 0 Å². The lowest BCUT2D eigenvalue weighted by Gasteiger charge is -2.23. The van der Waals surface area contributed by atoms with Crippen LogP contribution in [0.15, 0.2) is 24.5 Å². The first kappa shape index (κ1) is 14.8. The minimum absolute atomic E-state index is 0.131. The summed E-state index contributed by atoms with van der Waals surface area (Å²) >= 11 is 0. The van der Waals surface area contributed by atoms with Gasteiger partial charge < -0.3 is 15.1 Å². The zero-order valence-electron chi connectivity index (χ0n) is 10.8. The number of aliphatic hydroxyl groups is 1. The zero-order valence-corrected chi connectivity index (χ0v) is 10.8. The SMILES string of the molecule is CC(CO)N(C)C(=O)c1cncc(/C=C/C(=O)O)c1. The second kappa shape index (κ2) is 6.65. The fraction of sp³-hybridized carbons (Fsp3) is 0.308. The van der Waals surface area contributed by atoms with Gasteiger partial charge in [-0.3, -0.25) is 9.78 Å². The van der Waals surface area contributed by atoms with E-state index in [9.17, 15) is 9.59 Å². The molecule has 1 rings (SSSR count). The van der Waals surface area contributed by atoms with Crippen molar-refractivity contribution in [3.05, 3.63) is 35.7 Å². The normalized spacial score (nSPS) is 12.4. The predicted molar refractivity (Wildman–Crippen MR) is 69.5 cm³/mol. The summed E-state index contributed by atoms with van der Waals surface area (Å²) in [7, 11) is 1.59. The molecule has 0 aliphatic carbocycles. The number of aliphatic carboxylic acids is 1. The minimum Gasteiger partial charge on any atom is -0.478 e. The number of carboxylic acids is 1. The number of hydrogen-bond donors (Lipinski definition) is 2. The molecule has 1 aromatic rings. The summed E-state index contributed by atoms with van der Waals surface area (Å²) in [5.41, 5.74) is 0.869. The number of carbonyl (C=O) groups is 2. The largest absolute Gasteiger partial charge is 0.478 e. The topological polar surface area (TPSA) is 90.7 Å². The molecule has 1 aromatic heterocycles. The van der Waals surface area contributed by atoms with Crippen molar-refractivity contribution in [1.29, 1.82) is 0 Å². The first-order valence-electron chi connectivity index (χ1n) is 5.69. The molecule has 102 valence electrons. The molecular weight excluding hydrogens is 248 g/mol. The lowest BCUT2D eigenvalue weighted by atomic mass is 10.1. The number of hydrogen-bond acceptors (Lipinski definition) is 4. The molecule has 1 unspecified atom stereocenters. The van der Waals surface area contributed by atoms with Gasteiger partial charge in [-0.25, -0.2) is 4.79 Å². The molecule has 0 aliphatic rings. The average Bonchev–Trinajstić information content (AvgIpc) is 2.42. The Bertz CT molecular complexity index is 499. The Morgan fingerprint density at radius 3 is 2.74 bits per heavy atom. The van der Waals surface area contributed by atoms with E-state index in [-0.39, 0.29) is 18.6 Å². The molecule has 1 atom stereocenters. The lowest BCUT2D eigenvalue weighted by Crippen LogP contribution is -2.37. The van der Waals surface area contributed by atoms with Gasteiger partial charge in [-0.2, -0.15) is 0 Å². The van der Waals surface area contributed by atoms with Crippen LogP contribution in [0.1, 0.15) is 22.8 Å². The van der Waals surface area contributed by atoms with E-state index in [4.69, 9.17) is 10.2 Å². The molecule has 1 amide bonds. The number of amides is 1. The molecule has 1 heterocycles. The van der Waals surface area contributed by atoms with Gasteiger partial charge in [-0.05, 0) is 24.6 Å². The van der Waals surface area contributed by atoms with Crippen LogP contribution in [-0.4, -0.2) is 51.7 Å². The van der Waals surface area contributed by atoms with E-state index < -0.39 is 5.97 Å². The van der Waals surface area contributed by atoms with Crippen molar-refractivity contribution in [3.8, 4) is 0 Å². The maximum Gasteiger partial charge on any atom is 0.328 e. The molecule has 0 saturated heterocycles. The van der Waals surface area contributed by atoms with Crippen LogP contribution in [-0.2, 0) is 4.79 Å². The van der Waals surface area contributed by atoms with Crippen molar-refractivity contribution in [3.63, 3.8) is 0 Å². The zero-order chi connectivity index (χ0) is 14.4. The molecule has 0 aromatic carbocycles. The van der Waals surface area contributed by atoms with Gasteiger partial charge in [0, 0.05) is 25.5 Å². The third kappa shape index (κ3) is 4.18. The molecule has 0 bridgehead atoms. The Hall–Kier alpha value is -2.21. The number of aliphatic hydroxyl groups excluding tert-OH is 1. The van der Waals surface area contributed by atoms with Gasteiger partial charge in [0.15, 0.2) is 0 Å². The van der Waals surface area contributed by atoms with Gasteiger partial charge in [0.1, 0.15) is 0 Å². The summed E-state index contributed by atoms with van der Waals surface area (Å²) in [5.74, 6) is -1.35.